The molecule has 1 aromatic heterocycles. The molecule has 0 saturated carbocycles. The van der Waals surface area contributed by atoms with Crippen LogP contribution in [0.25, 0.3) is 0 Å². The molecule has 1 amide bonds. The SMILES string of the molecule is Cc1cncc(O)c1/C=N/NC(=O)c1ccccc1O. The van der Waals surface area contributed by atoms with Crippen molar-refractivity contribution in [2.24, 2.45) is 5.10 Å². The number of hydrogen-bond donors (Lipinski definition) is 3. The van der Waals surface area contributed by atoms with E-state index in [1.807, 2.05) is 0 Å². The average molecular weight is 271 g/mol. The summed E-state index contributed by atoms with van der Waals surface area (Å²) < 4.78 is 0. The summed E-state index contributed by atoms with van der Waals surface area (Å²) in [4.78, 5) is 15.6. The van der Waals surface area contributed by atoms with Gasteiger partial charge in [0.1, 0.15) is 11.5 Å². The zero-order valence-corrected chi connectivity index (χ0v) is 10.7. The van der Waals surface area contributed by atoms with Gasteiger partial charge in [0.15, 0.2) is 0 Å². The van der Waals surface area contributed by atoms with Gasteiger partial charge in [0.2, 0.25) is 0 Å². The molecular formula is C14H13N3O3. The lowest BCUT2D eigenvalue weighted by Crippen LogP contribution is -2.17. The summed E-state index contributed by atoms with van der Waals surface area (Å²) >= 11 is 0. The van der Waals surface area contributed by atoms with Crippen LogP contribution in [0.2, 0.25) is 0 Å². The lowest BCUT2D eigenvalue weighted by molar-refractivity contribution is 0.0952. The van der Waals surface area contributed by atoms with Crippen LogP contribution in [0.4, 0.5) is 0 Å². The molecule has 6 heteroatoms. The van der Waals surface area contributed by atoms with Gasteiger partial charge >= 0.3 is 0 Å². The van der Waals surface area contributed by atoms with Crippen LogP contribution in [-0.4, -0.2) is 27.3 Å². The number of hydrazone groups is 1. The van der Waals surface area contributed by atoms with Crippen LogP contribution in [0.1, 0.15) is 21.5 Å². The Kier molecular flexibility index (Phi) is 3.95. The van der Waals surface area contributed by atoms with E-state index in [0.29, 0.717) is 5.56 Å². The van der Waals surface area contributed by atoms with E-state index >= 15 is 0 Å². The lowest BCUT2D eigenvalue weighted by atomic mass is 10.1. The smallest absolute Gasteiger partial charge is 0.275 e. The summed E-state index contributed by atoms with van der Waals surface area (Å²) in [6, 6.07) is 6.15. The number of aryl methyl sites for hydroxylation is 1. The summed E-state index contributed by atoms with van der Waals surface area (Å²) in [5.74, 6) is -0.681. The molecule has 0 radical (unpaired) electrons. The molecule has 0 aliphatic carbocycles. The van der Waals surface area contributed by atoms with Gasteiger partial charge in [-0.25, -0.2) is 5.43 Å². The third-order valence-electron chi connectivity index (χ3n) is 2.67. The van der Waals surface area contributed by atoms with E-state index in [4.69, 9.17) is 0 Å². The predicted octanol–water partition coefficient (Wildman–Crippen LogP) is 1.57. The number of aromatic hydroxyl groups is 2. The van der Waals surface area contributed by atoms with E-state index in [0.717, 1.165) is 5.56 Å². The highest BCUT2D eigenvalue weighted by Crippen LogP contribution is 2.16. The van der Waals surface area contributed by atoms with Crippen LogP contribution < -0.4 is 5.43 Å². The highest BCUT2D eigenvalue weighted by molar-refractivity contribution is 5.97. The highest BCUT2D eigenvalue weighted by atomic mass is 16.3. The Morgan fingerprint density at radius 2 is 2.00 bits per heavy atom. The third-order valence-corrected chi connectivity index (χ3v) is 2.67. The first-order valence-electron chi connectivity index (χ1n) is 5.84. The van der Waals surface area contributed by atoms with Crippen LogP contribution in [0.3, 0.4) is 0 Å². The largest absolute Gasteiger partial charge is 0.507 e. The van der Waals surface area contributed by atoms with Crippen molar-refractivity contribution in [2.75, 3.05) is 0 Å². The molecule has 0 saturated heterocycles. The number of hydrogen-bond acceptors (Lipinski definition) is 5. The summed E-state index contributed by atoms with van der Waals surface area (Å²) in [7, 11) is 0. The molecule has 0 spiro atoms. The first kappa shape index (κ1) is 13.5. The van der Waals surface area contributed by atoms with Crippen molar-refractivity contribution in [3.8, 4) is 11.5 Å². The fourth-order valence-corrected chi connectivity index (χ4v) is 1.61. The van der Waals surface area contributed by atoms with Gasteiger partial charge in [-0.05, 0) is 24.6 Å². The van der Waals surface area contributed by atoms with Gasteiger partial charge in [0.25, 0.3) is 5.91 Å². The fraction of sp³-hybridized carbons (Fsp3) is 0.0714. The minimum Gasteiger partial charge on any atom is -0.507 e. The van der Waals surface area contributed by atoms with Crippen LogP contribution in [0, 0.1) is 6.92 Å². The maximum Gasteiger partial charge on any atom is 0.275 e. The highest BCUT2D eigenvalue weighted by Gasteiger charge is 2.09. The second kappa shape index (κ2) is 5.83. The first-order valence-corrected chi connectivity index (χ1v) is 5.84. The molecular weight excluding hydrogens is 258 g/mol. The Morgan fingerprint density at radius 3 is 2.70 bits per heavy atom. The number of nitrogens with zero attached hydrogens (tertiary/aromatic N) is 2. The summed E-state index contributed by atoms with van der Waals surface area (Å²) in [6.07, 6.45) is 4.19. The Balaban J connectivity index is 2.11. The molecule has 0 atom stereocenters. The number of rotatable bonds is 3. The van der Waals surface area contributed by atoms with E-state index in [2.05, 4.69) is 15.5 Å². The third kappa shape index (κ3) is 2.92. The molecule has 0 aliphatic rings. The molecule has 0 unspecified atom stereocenters. The van der Waals surface area contributed by atoms with Crippen molar-refractivity contribution in [1.82, 2.24) is 10.4 Å². The topological polar surface area (TPSA) is 94.8 Å². The minimum absolute atomic E-state index is 0.0226. The van der Waals surface area contributed by atoms with E-state index in [-0.39, 0.29) is 17.1 Å². The quantitative estimate of drug-likeness (QED) is 0.583. The van der Waals surface area contributed by atoms with Gasteiger partial charge in [-0.3, -0.25) is 9.78 Å². The van der Waals surface area contributed by atoms with Crippen molar-refractivity contribution >= 4 is 12.1 Å². The van der Waals surface area contributed by atoms with Crippen LogP contribution in [0.15, 0.2) is 41.8 Å². The Morgan fingerprint density at radius 1 is 1.25 bits per heavy atom. The van der Waals surface area contributed by atoms with E-state index in [1.54, 1.807) is 25.3 Å². The maximum absolute atomic E-state index is 11.8. The average Bonchev–Trinajstić information content (AvgIpc) is 2.42. The number of phenols is 1. The number of amides is 1. The van der Waals surface area contributed by atoms with Gasteiger partial charge in [-0.1, -0.05) is 12.1 Å². The molecule has 2 aromatic rings. The maximum atomic E-state index is 11.8. The van der Waals surface area contributed by atoms with E-state index < -0.39 is 5.91 Å². The molecule has 0 aliphatic heterocycles. The van der Waals surface area contributed by atoms with Crippen molar-refractivity contribution in [3.05, 3.63) is 53.3 Å². The van der Waals surface area contributed by atoms with E-state index in [9.17, 15) is 15.0 Å². The fourth-order valence-electron chi connectivity index (χ4n) is 1.61. The molecule has 1 heterocycles. The van der Waals surface area contributed by atoms with Crippen LogP contribution in [0.5, 0.6) is 11.5 Å². The minimum atomic E-state index is -0.537. The number of carbonyl (C=O) groups excluding carboxylic acids is 1. The summed E-state index contributed by atoms with van der Waals surface area (Å²) in [5, 5.41) is 22.9. The second-order valence-electron chi connectivity index (χ2n) is 4.11. The monoisotopic (exact) mass is 271 g/mol. The number of nitrogens with one attached hydrogen (secondary N) is 1. The van der Waals surface area contributed by atoms with Crippen molar-refractivity contribution in [3.63, 3.8) is 0 Å². The van der Waals surface area contributed by atoms with Crippen LogP contribution in [-0.2, 0) is 0 Å². The molecule has 0 bridgehead atoms. The molecule has 1 aromatic carbocycles. The van der Waals surface area contributed by atoms with Crippen LogP contribution >= 0.6 is 0 Å². The molecule has 6 nitrogen and oxygen atoms in total. The summed E-state index contributed by atoms with van der Waals surface area (Å²) in [6.45, 7) is 1.76. The number of para-hydroxylation sites is 1. The van der Waals surface area contributed by atoms with Crippen molar-refractivity contribution in [2.45, 2.75) is 6.92 Å². The normalized spacial score (nSPS) is 10.7. The zero-order valence-electron chi connectivity index (χ0n) is 10.7. The Bertz CT molecular complexity index is 648. The van der Waals surface area contributed by atoms with Gasteiger partial charge in [-0.2, -0.15) is 5.10 Å². The number of pyridine rings is 1. The second-order valence-corrected chi connectivity index (χ2v) is 4.11. The zero-order chi connectivity index (χ0) is 14.5. The van der Waals surface area contributed by atoms with Gasteiger partial charge < -0.3 is 10.2 Å². The Hall–Kier alpha value is -2.89. The number of phenolic OH excluding ortho intramolecular Hbond substituents is 1. The van der Waals surface area contributed by atoms with Gasteiger partial charge in [-0.15, -0.1) is 0 Å². The van der Waals surface area contributed by atoms with E-state index in [1.165, 1.54) is 24.5 Å². The van der Waals surface area contributed by atoms with Gasteiger partial charge in [0.05, 0.1) is 18.0 Å². The Labute approximate surface area is 115 Å². The molecule has 102 valence electrons. The van der Waals surface area contributed by atoms with Gasteiger partial charge in [0, 0.05) is 11.8 Å². The van der Waals surface area contributed by atoms with Crippen molar-refractivity contribution in [1.29, 1.82) is 0 Å². The molecule has 2 rings (SSSR count). The number of aromatic nitrogens is 1. The standard InChI is InChI=1S/C14H13N3O3/c1-9-6-15-8-13(19)11(9)7-16-17-14(20)10-4-2-3-5-12(10)18/h2-8,18-19H,1H3,(H,17,20)/b16-7+. The molecule has 0 fully saturated rings. The molecule has 3 N–H and O–H groups in total. The van der Waals surface area contributed by atoms with Crippen molar-refractivity contribution < 1.29 is 15.0 Å². The lowest BCUT2D eigenvalue weighted by Gasteiger charge is -2.03. The predicted molar refractivity (Wildman–Crippen MR) is 73.8 cm³/mol. The number of carbonyl (C=O) groups is 1. The molecule has 20 heavy (non-hydrogen) atoms. The number of benzene rings is 1. The first-order chi connectivity index (χ1) is 9.59. The summed E-state index contributed by atoms with van der Waals surface area (Å²) in [5.41, 5.74) is 3.60.